The lowest BCUT2D eigenvalue weighted by molar-refractivity contribution is -0.135. The fourth-order valence-corrected chi connectivity index (χ4v) is 3.85. The van der Waals surface area contributed by atoms with Gasteiger partial charge in [0.15, 0.2) is 0 Å². The summed E-state index contributed by atoms with van der Waals surface area (Å²) in [5.74, 6) is 1.02. The lowest BCUT2D eigenvalue weighted by Crippen LogP contribution is -2.39. The highest BCUT2D eigenvalue weighted by Gasteiger charge is 2.35. The largest absolute Gasteiger partial charge is 0.494 e. The molecule has 2 aliphatic heterocycles. The van der Waals surface area contributed by atoms with Crippen LogP contribution in [0.5, 0.6) is 5.75 Å². The number of unbranched alkanes of at least 4 members (excludes halogenated alkanes) is 1. The van der Waals surface area contributed by atoms with E-state index >= 15 is 0 Å². The predicted octanol–water partition coefficient (Wildman–Crippen LogP) is 1.86. The maximum atomic E-state index is 12.7. The van der Waals surface area contributed by atoms with E-state index in [1.54, 1.807) is 11.9 Å². The van der Waals surface area contributed by atoms with Crippen LogP contribution in [-0.4, -0.2) is 79.4 Å². The lowest BCUT2D eigenvalue weighted by atomic mass is 10.1. The molecule has 2 amide bonds. The minimum absolute atomic E-state index is 0.0857. The third-order valence-corrected chi connectivity index (χ3v) is 5.47. The van der Waals surface area contributed by atoms with Crippen LogP contribution in [0.15, 0.2) is 30.3 Å². The van der Waals surface area contributed by atoms with Crippen LogP contribution in [0.2, 0.25) is 0 Å². The molecular weight excluding hydrogens is 342 g/mol. The highest BCUT2D eigenvalue weighted by Crippen LogP contribution is 2.19. The van der Waals surface area contributed by atoms with Crippen LogP contribution in [-0.2, 0) is 9.59 Å². The van der Waals surface area contributed by atoms with Gasteiger partial charge in [0.2, 0.25) is 11.8 Å². The van der Waals surface area contributed by atoms with Crippen molar-refractivity contribution in [2.75, 3.05) is 52.9 Å². The fourth-order valence-electron chi connectivity index (χ4n) is 3.85. The first-order valence-corrected chi connectivity index (χ1v) is 10.1. The van der Waals surface area contributed by atoms with Crippen molar-refractivity contribution in [3.63, 3.8) is 0 Å². The first kappa shape index (κ1) is 19.7. The number of para-hydroxylation sites is 1. The molecule has 2 saturated heterocycles. The van der Waals surface area contributed by atoms with Crippen molar-refractivity contribution >= 4 is 11.8 Å². The zero-order valence-electron chi connectivity index (χ0n) is 16.3. The molecule has 0 aromatic heterocycles. The van der Waals surface area contributed by atoms with Crippen LogP contribution in [0.1, 0.15) is 25.7 Å². The van der Waals surface area contributed by atoms with E-state index in [9.17, 15) is 9.59 Å². The molecule has 1 aromatic rings. The van der Waals surface area contributed by atoms with E-state index in [0.29, 0.717) is 13.0 Å². The number of benzene rings is 1. The Hall–Kier alpha value is -2.08. The summed E-state index contributed by atoms with van der Waals surface area (Å²) in [4.78, 5) is 30.5. The van der Waals surface area contributed by atoms with Crippen LogP contribution in [0, 0.1) is 5.92 Å². The number of likely N-dealkylation sites (tertiary alicyclic amines) is 1. The lowest BCUT2D eigenvalue weighted by Gasteiger charge is -2.24. The number of rotatable bonds is 7. The maximum Gasteiger partial charge on any atom is 0.228 e. The third-order valence-electron chi connectivity index (χ3n) is 5.47. The highest BCUT2D eigenvalue weighted by molar-refractivity contribution is 5.89. The number of amides is 2. The Morgan fingerprint density at radius 2 is 1.93 bits per heavy atom. The van der Waals surface area contributed by atoms with Gasteiger partial charge in [0, 0.05) is 39.6 Å². The Bertz CT molecular complexity index is 622. The maximum absolute atomic E-state index is 12.7. The van der Waals surface area contributed by atoms with Crippen molar-refractivity contribution in [2.45, 2.75) is 25.7 Å². The number of nitrogens with zero attached hydrogens (tertiary/aromatic N) is 3. The van der Waals surface area contributed by atoms with E-state index < -0.39 is 0 Å². The SMILES string of the molecule is CN1CC(C(=O)N2CCCN(CCCCOc3ccccc3)CC2)CC1=O. The van der Waals surface area contributed by atoms with Gasteiger partial charge in [-0.25, -0.2) is 0 Å². The van der Waals surface area contributed by atoms with E-state index in [4.69, 9.17) is 4.74 Å². The molecule has 1 aromatic carbocycles. The molecule has 1 unspecified atom stereocenters. The topological polar surface area (TPSA) is 53.1 Å². The van der Waals surface area contributed by atoms with Gasteiger partial charge in [-0.3, -0.25) is 9.59 Å². The van der Waals surface area contributed by atoms with Crippen LogP contribution in [0.3, 0.4) is 0 Å². The third kappa shape index (κ3) is 5.70. The van der Waals surface area contributed by atoms with E-state index in [0.717, 1.165) is 64.3 Å². The molecule has 2 aliphatic rings. The number of carbonyl (C=O) groups is 2. The normalized spacial score (nSPS) is 21.4. The number of carbonyl (C=O) groups excluding carboxylic acids is 2. The summed E-state index contributed by atoms with van der Waals surface area (Å²) in [7, 11) is 1.78. The van der Waals surface area contributed by atoms with Gasteiger partial charge >= 0.3 is 0 Å². The molecule has 3 rings (SSSR count). The molecular formula is C21H31N3O3. The monoisotopic (exact) mass is 373 g/mol. The number of hydrogen-bond acceptors (Lipinski definition) is 4. The molecule has 0 aliphatic carbocycles. The average Bonchev–Trinajstić information content (AvgIpc) is 2.88. The smallest absolute Gasteiger partial charge is 0.228 e. The van der Waals surface area contributed by atoms with Gasteiger partial charge in [0.1, 0.15) is 5.75 Å². The first-order chi connectivity index (χ1) is 13.1. The van der Waals surface area contributed by atoms with Gasteiger partial charge in [-0.15, -0.1) is 0 Å². The van der Waals surface area contributed by atoms with Gasteiger partial charge in [0.25, 0.3) is 0 Å². The zero-order chi connectivity index (χ0) is 19.1. The van der Waals surface area contributed by atoms with E-state index in [2.05, 4.69) is 4.90 Å². The Kier molecular flexibility index (Phi) is 7.10. The van der Waals surface area contributed by atoms with Crippen LogP contribution in [0.25, 0.3) is 0 Å². The summed E-state index contributed by atoms with van der Waals surface area (Å²) < 4.78 is 5.74. The van der Waals surface area contributed by atoms with Crippen LogP contribution >= 0.6 is 0 Å². The van der Waals surface area contributed by atoms with E-state index in [-0.39, 0.29) is 17.7 Å². The van der Waals surface area contributed by atoms with Crippen molar-refractivity contribution in [1.82, 2.24) is 14.7 Å². The molecule has 27 heavy (non-hydrogen) atoms. The number of ether oxygens (including phenoxy) is 1. The molecule has 2 heterocycles. The number of hydrogen-bond donors (Lipinski definition) is 0. The molecule has 6 nitrogen and oxygen atoms in total. The second kappa shape index (κ2) is 9.74. The summed E-state index contributed by atoms with van der Waals surface area (Å²) >= 11 is 0. The molecule has 148 valence electrons. The summed E-state index contributed by atoms with van der Waals surface area (Å²) in [6.07, 6.45) is 3.51. The van der Waals surface area contributed by atoms with Crippen molar-refractivity contribution in [3.8, 4) is 5.75 Å². The first-order valence-electron chi connectivity index (χ1n) is 10.1. The van der Waals surface area contributed by atoms with Gasteiger partial charge in [-0.05, 0) is 44.5 Å². The quantitative estimate of drug-likeness (QED) is 0.685. The minimum atomic E-state index is -0.149. The van der Waals surface area contributed by atoms with Crippen LogP contribution < -0.4 is 4.74 Å². The summed E-state index contributed by atoms with van der Waals surface area (Å²) in [6, 6.07) is 9.92. The Morgan fingerprint density at radius 1 is 1.11 bits per heavy atom. The summed E-state index contributed by atoms with van der Waals surface area (Å²) in [5, 5.41) is 0. The average molecular weight is 373 g/mol. The van der Waals surface area contributed by atoms with Gasteiger partial charge in [0.05, 0.1) is 12.5 Å². The van der Waals surface area contributed by atoms with E-state index in [1.165, 1.54) is 0 Å². The zero-order valence-corrected chi connectivity index (χ0v) is 16.3. The Labute approximate surface area is 162 Å². The molecule has 0 spiro atoms. The van der Waals surface area contributed by atoms with Crippen LogP contribution in [0.4, 0.5) is 0 Å². The second-order valence-electron chi connectivity index (χ2n) is 7.56. The second-order valence-corrected chi connectivity index (χ2v) is 7.56. The van der Waals surface area contributed by atoms with E-state index in [1.807, 2.05) is 35.2 Å². The van der Waals surface area contributed by atoms with Crippen molar-refractivity contribution in [1.29, 1.82) is 0 Å². The summed E-state index contributed by atoms with van der Waals surface area (Å²) in [5.41, 5.74) is 0. The minimum Gasteiger partial charge on any atom is -0.494 e. The Morgan fingerprint density at radius 3 is 2.67 bits per heavy atom. The van der Waals surface area contributed by atoms with Gasteiger partial charge in [-0.1, -0.05) is 18.2 Å². The molecule has 2 fully saturated rings. The molecule has 0 saturated carbocycles. The standard InChI is InChI=1S/C21H31N3O3/c1-22-17-18(16-20(22)25)21(26)24-12-7-11-23(13-14-24)10-5-6-15-27-19-8-3-2-4-9-19/h2-4,8-9,18H,5-7,10-17H2,1H3. The van der Waals surface area contributed by atoms with Gasteiger partial charge in [-0.2, -0.15) is 0 Å². The molecule has 0 N–H and O–H groups in total. The molecule has 6 heteroatoms. The summed E-state index contributed by atoms with van der Waals surface area (Å²) in [6.45, 7) is 5.89. The predicted molar refractivity (Wildman–Crippen MR) is 105 cm³/mol. The Balaban J connectivity index is 1.33. The molecule has 1 atom stereocenters. The van der Waals surface area contributed by atoms with Crippen molar-refractivity contribution < 1.29 is 14.3 Å². The van der Waals surface area contributed by atoms with Gasteiger partial charge < -0.3 is 19.4 Å². The highest BCUT2D eigenvalue weighted by atomic mass is 16.5. The fraction of sp³-hybridized carbons (Fsp3) is 0.619. The van der Waals surface area contributed by atoms with Crippen molar-refractivity contribution in [2.24, 2.45) is 5.92 Å². The van der Waals surface area contributed by atoms with Crippen molar-refractivity contribution in [3.05, 3.63) is 30.3 Å². The molecule has 0 radical (unpaired) electrons. The molecule has 0 bridgehead atoms.